The summed E-state index contributed by atoms with van der Waals surface area (Å²) in [5.74, 6) is 1.48. The lowest BCUT2D eigenvalue weighted by atomic mass is 9.42. The van der Waals surface area contributed by atoms with Crippen LogP contribution in [0.25, 0.3) is 0 Å². The first-order chi connectivity index (χ1) is 12.1. The van der Waals surface area contributed by atoms with Gasteiger partial charge in [0.05, 0.1) is 11.7 Å². The van der Waals surface area contributed by atoms with E-state index in [-0.39, 0.29) is 22.7 Å². The monoisotopic (exact) mass is 358 g/mol. The number of hydrogen-bond donors (Lipinski definition) is 2. The van der Waals surface area contributed by atoms with E-state index in [1.54, 1.807) is 6.07 Å². The third-order valence-corrected chi connectivity index (χ3v) is 8.18. The number of aromatic hydroxyl groups is 1. The summed E-state index contributed by atoms with van der Waals surface area (Å²) in [7, 11) is 0. The van der Waals surface area contributed by atoms with Crippen LogP contribution in [0, 0.1) is 29.6 Å². The van der Waals surface area contributed by atoms with Crippen molar-refractivity contribution in [3.8, 4) is 11.5 Å². The summed E-state index contributed by atoms with van der Waals surface area (Å²) >= 11 is 0. The number of phenols is 1. The van der Waals surface area contributed by atoms with Crippen molar-refractivity contribution in [3.05, 3.63) is 23.3 Å². The molecule has 2 N–H and O–H groups in total. The zero-order chi connectivity index (χ0) is 18.9. The fourth-order valence-electron chi connectivity index (χ4n) is 7.20. The molecule has 1 unspecified atom stereocenters. The summed E-state index contributed by atoms with van der Waals surface area (Å²) in [6, 6.07) is 3.72. The van der Waals surface area contributed by atoms with Crippen LogP contribution in [0.2, 0.25) is 0 Å². The first-order valence-corrected chi connectivity index (χ1v) is 10.4. The summed E-state index contributed by atoms with van der Waals surface area (Å²) in [5.41, 5.74) is 1.57. The molecule has 144 valence electrons. The highest BCUT2D eigenvalue weighted by molar-refractivity contribution is 5.51. The fourth-order valence-corrected chi connectivity index (χ4v) is 7.20. The molecule has 0 amide bonds. The first kappa shape index (κ1) is 18.2. The summed E-state index contributed by atoms with van der Waals surface area (Å²) in [6.45, 7) is 11.3. The molecule has 0 radical (unpaired) electrons. The first-order valence-electron chi connectivity index (χ1n) is 10.4. The van der Waals surface area contributed by atoms with Crippen LogP contribution in [0.3, 0.4) is 0 Å². The minimum Gasteiger partial charge on any atom is -0.507 e. The van der Waals surface area contributed by atoms with E-state index in [1.807, 2.05) is 13.0 Å². The lowest BCUT2D eigenvalue weighted by Gasteiger charge is -2.65. The Labute approximate surface area is 157 Å². The molecule has 1 aromatic rings. The lowest BCUT2D eigenvalue weighted by Crippen LogP contribution is -2.63. The number of aliphatic hydroxyl groups excluding tert-OH is 1. The number of hydrogen-bond acceptors (Lipinski definition) is 3. The van der Waals surface area contributed by atoms with Crippen molar-refractivity contribution in [2.75, 3.05) is 0 Å². The van der Waals surface area contributed by atoms with Gasteiger partial charge in [-0.25, -0.2) is 0 Å². The molecule has 2 aliphatic carbocycles. The number of rotatable bonds is 1. The molecule has 0 spiro atoms. The maximum Gasteiger partial charge on any atom is 0.129 e. The quantitative estimate of drug-likeness (QED) is 0.695. The van der Waals surface area contributed by atoms with Gasteiger partial charge < -0.3 is 14.9 Å². The summed E-state index contributed by atoms with van der Waals surface area (Å²) < 4.78 is 6.58. The van der Waals surface area contributed by atoms with Crippen molar-refractivity contribution < 1.29 is 14.9 Å². The Morgan fingerprint density at radius 3 is 2.58 bits per heavy atom. The topological polar surface area (TPSA) is 49.7 Å². The second kappa shape index (κ2) is 5.64. The smallest absolute Gasteiger partial charge is 0.129 e. The molecule has 0 aromatic heterocycles. The largest absolute Gasteiger partial charge is 0.507 e. The predicted octanol–water partition coefficient (Wildman–Crippen LogP) is 5.52. The normalized spacial score (nSPS) is 40.8. The summed E-state index contributed by atoms with van der Waals surface area (Å²) in [5, 5.41) is 22.2. The van der Waals surface area contributed by atoms with Gasteiger partial charge in [-0.2, -0.15) is 0 Å². The second-order valence-corrected chi connectivity index (χ2v) is 10.1. The number of benzene rings is 1. The third-order valence-electron chi connectivity index (χ3n) is 8.18. The Balaban J connectivity index is 1.88. The summed E-state index contributed by atoms with van der Waals surface area (Å²) in [6.07, 6.45) is 6.15. The van der Waals surface area contributed by atoms with E-state index < -0.39 is 6.10 Å². The zero-order valence-corrected chi connectivity index (χ0v) is 16.9. The Kier molecular flexibility index (Phi) is 3.94. The van der Waals surface area contributed by atoms with Crippen LogP contribution in [0.5, 0.6) is 11.5 Å². The predicted molar refractivity (Wildman–Crippen MR) is 103 cm³/mol. The molecule has 4 rings (SSSR count). The number of aliphatic hydroxyl groups is 1. The van der Waals surface area contributed by atoms with Crippen LogP contribution in [0.15, 0.2) is 12.1 Å². The minimum atomic E-state index is -0.666. The number of aryl methyl sites for hydroxylation is 1. The molecule has 1 aliphatic heterocycles. The number of fused-ring (bicyclic) bond motifs is 4. The molecule has 26 heavy (non-hydrogen) atoms. The van der Waals surface area contributed by atoms with Gasteiger partial charge in [0.1, 0.15) is 17.1 Å². The molecule has 1 aromatic carbocycles. The fraction of sp³-hybridized carbons (Fsp3) is 0.739. The van der Waals surface area contributed by atoms with Gasteiger partial charge >= 0.3 is 0 Å². The molecule has 0 saturated heterocycles. The molecular weight excluding hydrogens is 324 g/mol. The average molecular weight is 359 g/mol. The lowest BCUT2D eigenvalue weighted by molar-refractivity contribution is -0.210. The SMILES string of the molecule is CC[C@@]12CCCC(C)(C)[C@@H]1CC[C@]1(C)Oc3cc(C)cc(O)c3C(O)[C@H]21. The standard InChI is InChI=1S/C23H34O3/c1-6-23-10-7-9-21(3,4)17(23)8-11-22(5)20(23)19(25)18-15(24)12-14(2)13-16(18)26-22/h12-13,17,19-20,24-25H,6-11H2,1-5H3/t17-,19?,20-,22-,23+/m0/s1. The highest BCUT2D eigenvalue weighted by Gasteiger charge is 2.64. The highest BCUT2D eigenvalue weighted by Crippen LogP contribution is 2.68. The Morgan fingerprint density at radius 1 is 1.15 bits per heavy atom. The van der Waals surface area contributed by atoms with Crippen molar-refractivity contribution in [2.24, 2.45) is 22.7 Å². The highest BCUT2D eigenvalue weighted by atomic mass is 16.5. The molecule has 1 heterocycles. The molecule has 3 nitrogen and oxygen atoms in total. The van der Waals surface area contributed by atoms with Crippen LogP contribution in [-0.2, 0) is 0 Å². The van der Waals surface area contributed by atoms with Crippen LogP contribution in [-0.4, -0.2) is 15.8 Å². The maximum absolute atomic E-state index is 11.6. The third kappa shape index (κ3) is 2.28. The minimum absolute atomic E-state index is 0.0273. The average Bonchev–Trinajstić information content (AvgIpc) is 2.52. The van der Waals surface area contributed by atoms with Gasteiger partial charge in [-0.3, -0.25) is 0 Å². The maximum atomic E-state index is 11.6. The zero-order valence-electron chi connectivity index (χ0n) is 16.9. The van der Waals surface area contributed by atoms with E-state index in [4.69, 9.17) is 4.74 Å². The van der Waals surface area contributed by atoms with E-state index in [9.17, 15) is 10.2 Å². The van der Waals surface area contributed by atoms with Gasteiger partial charge in [0.25, 0.3) is 0 Å². The molecule has 2 fully saturated rings. The Bertz CT molecular complexity index is 724. The van der Waals surface area contributed by atoms with Crippen molar-refractivity contribution in [3.63, 3.8) is 0 Å². The van der Waals surface area contributed by atoms with Crippen LogP contribution >= 0.6 is 0 Å². The van der Waals surface area contributed by atoms with Gasteiger partial charge in [-0.1, -0.05) is 27.2 Å². The Morgan fingerprint density at radius 2 is 1.88 bits per heavy atom. The van der Waals surface area contributed by atoms with Gasteiger partial charge in [0, 0.05) is 5.92 Å². The van der Waals surface area contributed by atoms with E-state index in [2.05, 4.69) is 27.7 Å². The van der Waals surface area contributed by atoms with Crippen molar-refractivity contribution in [1.29, 1.82) is 0 Å². The number of phenolic OH excluding ortho intramolecular Hbond substituents is 1. The van der Waals surface area contributed by atoms with Gasteiger partial charge in [0.2, 0.25) is 0 Å². The molecular formula is C23H34O3. The molecule has 2 saturated carbocycles. The van der Waals surface area contributed by atoms with E-state index in [0.717, 1.165) is 31.2 Å². The van der Waals surface area contributed by atoms with Gasteiger partial charge in [-0.15, -0.1) is 0 Å². The molecule has 3 aliphatic rings. The van der Waals surface area contributed by atoms with Crippen molar-refractivity contribution in [1.82, 2.24) is 0 Å². The molecule has 3 heteroatoms. The number of ether oxygens (including phenoxy) is 1. The summed E-state index contributed by atoms with van der Waals surface area (Å²) in [4.78, 5) is 0. The van der Waals surface area contributed by atoms with Crippen LogP contribution in [0.4, 0.5) is 0 Å². The molecule has 0 bridgehead atoms. The van der Waals surface area contributed by atoms with Gasteiger partial charge in [0.15, 0.2) is 0 Å². The van der Waals surface area contributed by atoms with E-state index in [1.165, 1.54) is 12.8 Å². The Hall–Kier alpha value is -1.22. The van der Waals surface area contributed by atoms with E-state index >= 15 is 0 Å². The van der Waals surface area contributed by atoms with Gasteiger partial charge in [-0.05, 0) is 80.4 Å². The van der Waals surface area contributed by atoms with Crippen LogP contribution < -0.4 is 4.74 Å². The van der Waals surface area contributed by atoms with Crippen molar-refractivity contribution in [2.45, 2.75) is 84.8 Å². The van der Waals surface area contributed by atoms with E-state index in [0.29, 0.717) is 22.6 Å². The van der Waals surface area contributed by atoms with Crippen molar-refractivity contribution >= 4 is 0 Å². The second-order valence-electron chi connectivity index (χ2n) is 10.1. The van der Waals surface area contributed by atoms with Crippen LogP contribution in [0.1, 0.15) is 83.5 Å². The molecule has 5 atom stereocenters.